The number of carbonyl (C=O) groups is 3. The second-order valence-electron chi connectivity index (χ2n) is 9.45. The summed E-state index contributed by atoms with van der Waals surface area (Å²) in [5, 5.41) is 12.7. The van der Waals surface area contributed by atoms with Gasteiger partial charge in [-0.1, -0.05) is 36.4 Å². The van der Waals surface area contributed by atoms with Crippen molar-refractivity contribution in [2.45, 2.75) is 37.6 Å². The van der Waals surface area contributed by atoms with Crippen LogP contribution < -0.4 is 15.0 Å². The number of benzene rings is 3. The van der Waals surface area contributed by atoms with E-state index in [4.69, 9.17) is 4.74 Å². The van der Waals surface area contributed by atoms with Crippen molar-refractivity contribution >= 4 is 29.0 Å². The first-order chi connectivity index (χ1) is 18.4. The van der Waals surface area contributed by atoms with E-state index >= 15 is 0 Å². The Balaban J connectivity index is 1.67. The molecule has 1 aliphatic carbocycles. The van der Waals surface area contributed by atoms with Crippen molar-refractivity contribution < 1.29 is 28.6 Å². The van der Waals surface area contributed by atoms with Crippen molar-refractivity contribution in [2.75, 3.05) is 17.3 Å². The summed E-state index contributed by atoms with van der Waals surface area (Å²) in [6.07, 6.45) is 0.139. The molecule has 0 unspecified atom stereocenters. The van der Waals surface area contributed by atoms with Crippen molar-refractivity contribution in [3.05, 3.63) is 101 Å². The molecule has 1 heterocycles. The standard InChI is InChI=1S/C30H27FN2O5/c1-38-22-6-4-5-19(15-22)20-16-24-29(26(34)17-20)30(18-9-11-21(31)12-10-18)33(27(35)13-14-28(36)37)25-8-3-2-7-23(25)32-24/h2-12,15,20,30,32H,13-14,16-17H2,1H3,(H,36,37)/t20-,30-/m0/s1. The molecule has 7 nitrogen and oxygen atoms in total. The fraction of sp³-hybridized carbons (Fsp3) is 0.233. The number of hydrogen-bond donors (Lipinski definition) is 2. The molecule has 194 valence electrons. The van der Waals surface area contributed by atoms with Crippen LogP contribution in [-0.4, -0.2) is 29.9 Å². The second-order valence-corrected chi connectivity index (χ2v) is 9.45. The van der Waals surface area contributed by atoms with Crippen LogP contribution in [0.1, 0.15) is 48.8 Å². The lowest BCUT2D eigenvalue weighted by molar-refractivity contribution is -0.138. The third kappa shape index (κ3) is 4.89. The van der Waals surface area contributed by atoms with Crippen molar-refractivity contribution in [3.63, 3.8) is 0 Å². The van der Waals surface area contributed by atoms with E-state index in [1.165, 1.54) is 17.0 Å². The molecule has 0 fully saturated rings. The van der Waals surface area contributed by atoms with Crippen LogP contribution in [0.2, 0.25) is 0 Å². The molecule has 0 saturated heterocycles. The molecule has 2 aliphatic rings. The maximum absolute atomic E-state index is 13.9. The lowest BCUT2D eigenvalue weighted by atomic mass is 9.78. The second kappa shape index (κ2) is 10.5. The molecule has 38 heavy (non-hydrogen) atoms. The minimum atomic E-state index is -1.09. The van der Waals surface area contributed by atoms with Gasteiger partial charge in [-0.3, -0.25) is 19.3 Å². The van der Waals surface area contributed by atoms with Crippen molar-refractivity contribution in [1.29, 1.82) is 0 Å². The van der Waals surface area contributed by atoms with Gasteiger partial charge in [0.1, 0.15) is 11.6 Å². The van der Waals surface area contributed by atoms with Gasteiger partial charge in [0.2, 0.25) is 5.91 Å². The largest absolute Gasteiger partial charge is 0.497 e. The number of para-hydroxylation sites is 2. The number of carboxylic acid groups (broad SMARTS) is 1. The first-order valence-corrected chi connectivity index (χ1v) is 12.4. The Kier molecular flexibility index (Phi) is 6.96. The number of nitrogens with one attached hydrogen (secondary N) is 1. The molecule has 1 aliphatic heterocycles. The molecule has 2 N–H and O–H groups in total. The average molecular weight is 515 g/mol. The zero-order valence-corrected chi connectivity index (χ0v) is 20.8. The van der Waals surface area contributed by atoms with Crippen LogP contribution in [0, 0.1) is 5.82 Å². The van der Waals surface area contributed by atoms with Gasteiger partial charge >= 0.3 is 5.97 Å². The number of allylic oxidation sites excluding steroid dienone is 1. The van der Waals surface area contributed by atoms with E-state index < -0.39 is 23.7 Å². The molecule has 0 aromatic heterocycles. The van der Waals surface area contributed by atoms with E-state index in [0.29, 0.717) is 40.4 Å². The maximum atomic E-state index is 13.9. The Morgan fingerprint density at radius 3 is 2.50 bits per heavy atom. The fourth-order valence-electron chi connectivity index (χ4n) is 5.29. The number of nitrogens with zero attached hydrogens (tertiary/aromatic N) is 1. The highest BCUT2D eigenvalue weighted by molar-refractivity contribution is 6.06. The average Bonchev–Trinajstić information content (AvgIpc) is 3.07. The molecule has 0 saturated carbocycles. The minimum absolute atomic E-state index is 0.112. The topological polar surface area (TPSA) is 95.9 Å². The summed E-state index contributed by atoms with van der Waals surface area (Å²) < 4.78 is 19.3. The molecule has 1 amide bonds. The molecule has 0 bridgehead atoms. The highest BCUT2D eigenvalue weighted by Crippen LogP contribution is 2.47. The quantitative estimate of drug-likeness (QED) is 0.445. The first-order valence-electron chi connectivity index (χ1n) is 12.4. The Bertz CT molecular complexity index is 1430. The number of ketones is 1. The normalized spacial score (nSPS) is 18.7. The third-order valence-electron chi connectivity index (χ3n) is 7.06. The van der Waals surface area contributed by atoms with Gasteiger partial charge in [-0.05, 0) is 59.9 Å². The summed E-state index contributed by atoms with van der Waals surface area (Å²) in [5.74, 6) is -1.51. The highest BCUT2D eigenvalue weighted by atomic mass is 19.1. The van der Waals surface area contributed by atoms with Gasteiger partial charge in [-0.25, -0.2) is 4.39 Å². The lowest BCUT2D eigenvalue weighted by Gasteiger charge is -2.35. The summed E-state index contributed by atoms with van der Waals surface area (Å²) in [6, 6.07) is 19.7. The minimum Gasteiger partial charge on any atom is -0.497 e. The lowest BCUT2D eigenvalue weighted by Crippen LogP contribution is -2.38. The van der Waals surface area contributed by atoms with E-state index in [2.05, 4.69) is 5.32 Å². The van der Waals surface area contributed by atoms with Crippen molar-refractivity contribution in [1.82, 2.24) is 0 Å². The number of ether oxygens (including phenoxy) is 1. The Morgan fingerprint density at radius 1 is 1.00 bits per heavy atom. The number of methoxy groups -OCH3 is 1. The zero-order valence-electron chi connectivity index (χ0n) is 20.8. The monoisotopic (exact) mass is 514 g/mol. The first kappa shape index (κ1) is 25.2. The molecular formula is C30H27FN2O5. The van der Waals surface area contributed by atoms with Gasteiger partial charge in [0, 0.05) is 24.1 Å². The molecule has 2 atom stereocenters. The number of carboxylic acids is 1. The fourth-order valence-corrected chi connectivity index (χ4v) is 5.29. The van der Waals surface area contributed by atoms with E-state index in [1.807, 2.05) is 36.4 Å². The van der Waals surface area contributed by atoms with Gasteiger partial charge in [0.25, 0.3) is 0 Å². The van der Waals surface area contributed by atoms with Crippen LogP contribution in [0.4, 0.5) is 15.8 Å². The molecule has 3 aromatic carbocycles. The molecular weight excluding hydrogens is 487 g/mol. The maximum Gasteiger partial charge on any atom is 0.303 e. The highest BCUT2D eigenvalue weighted by Gasteiger charge is 2.41. The van der Waals surface area contributed by atoms with Crippen LogP contribution in [-0.2, 0) is 14.4 Å². The van der Waals surface area contributed by atoms with Gasteiger partial charge in [0.05, 0.1) is 30.9 Å². The smallest absolute Gasteiger partial charge is 0.303 e. The number of aliphatic carboxylic acids is 1. The summed E-state index contributed by atoms with van der Waals surface area (Å²) in [7, 11) is 1.60. The van der Waals surface area contributed by atoms with Gasteiger partial charge < -0.3 is 15.2 Å². The Hall–Kier alpha value is -4.46. The van der Waals surface area contributed by atoms with Crippen LogP contribution >= 0.6 is 0 Å². The molecule has 8 heteroatoms. The summed E-state index contributed by atoms with van der Waals surface area (Å²) in [4.78, 5) is 40.3. The number of hydrogen-bond acceptors (Lipinski definition) is 5. The van der Waals surface area contributed by atoms with Crippen LogP contribution in [0.25, 0.3) is 0 Å². The number of fused-ring (bicyclic) bond motifs is 1. The molecule has 3 aromatic rings. The predicted octanol–water partition coefficient (Wildman–Crippen LogP) is 5.60. The van der Waals surface area contributed by atoms with Crippen molar-refractivity contribution in [2.24, 2.45) is 0 Å². The number of carbonyl (C=O) groups excluding carboxylic acids is 2. The van der Waals surface area contributed by atoms with E-state index in [-0.39, 0.29) is 31.0 Å². The SMILES string of the molecule is COc1cccc([C@@H]2CC(=O)C3=C(C2)Nc2ccccc2N(C(=O)CCC(=O)O)[C@H]3c2ccc(F)cc2)c1. The third-order valence-corrected chi connectivity index (χ3v) is 7.06. The Morgan fingerprint density at radius 2 is 1.76 bits per heavy atom. The molecule has 0 spiro atoms. The number of halogens is 1. The van der Waals surface area contributed by atoms with E-state index in [1.54, 1.807) is 31.4 Å². The molecule has 5 rings (SSSR count). The number of rotatable bonds is 6. The number of amides is 1. The van der Waals surface area contributed by atoms with Crippen LogP contribution in [0.15, 0.2) is 84.1 Å². The molecule has 0 radical (unpaired) electrons. The van der Waals surface area contributed by atoms with Crippen molar-refractivity contribution in [3.8, 4) is 5.75 Å². The Labute approximate surface area is 219 Å². The van der Waals surface area contributed by atoms with Crippen LogP contribution in [0.3, 0.4) is 0 Å². The number of Topliss-reactive ketones (excluding diaryl/α,β-unsaturated/α-hetero) is 1. The van der Waals surface area contributed by atoms with Gasteiger partial charge in [-0.15, -0.1) is 0 Å². The predicted molar refractivity (Wildman–Crippen MR) is 141 cm³/mol. The summed E-state index contributed by atoms with van der Waals surface area (Å²) >= 11 is 0. The number of anilines is 2. The van der Waals surface area contributed by atoms with E-state index in [9.17, 15) is 23.9 Å². The van der Waals surface area contributed by atoms with Crippen LogP contribution in [0.5, 0.6) is 5.75 Å². The summed E-state index contributed by atoms with van der Waals surface area (Å²) in [5.41, 5.74) is 3.80. The van der Waals surface area contributed by atoms with Gasteiger partial charge in [-0.2, -0.15) is 0 Å². The van der Waals surface area contributed by atoms with Gasteiger partial charge in [0.15, 0.2) is 5.78 Å². The van der Waals surface area contributed by atoms with E-state index in [0.717, 1.165) is 5.56 Å². The zero-order chi connectivity index (χ0) is 26.8. The summed E-state index contributed by atoms with van der Waals surface area (Å²) in [6.45, 7) is 0.